The molecule has 0 aromatic carbocycles. The first kappa shape index (κ1) is 13.2. The van der Waals surface area contributed by atoms with E-state index in [1.54, 1.807) is 0 Å². The maximum atomic E-state index is 12.1. The molecule has 3 fully saturated rings. The largest absolute Gasteiger partial charge is 0.469 e. The van der Waals surface area contributed by atoms with Crippen LogP contribution in [0.3, 0.4) is 0 Å². The summed E-state index contributed by atoms with van der Waals surface area (Å²) in [5.41, 5.74) is -0.0995. The molecule has 4 nitrogen and oxygen atoms in total. The maximum absolute atomic E-state index is 12.1. The highest BCUT2D eigenvalue weighted by Crippen LogP contribution is 3.06. The van der Waals surface area contributed by atoms with Crippen molar-refractivity contribution in [2.45, 2.75) is 37.5 Å². The van der Waals surface area contributed by atoms with Crippen molar-refractivity contribution in [3.05, 3.63) is 0 Å². The number of carbonyl (C=O) groups is 2. The summed E-state index contributed by atoms with van der Waals surface area (Å²) in [6.45, 7) is 6.78. The summed E-state index contributed by atoms with van der Waals surface area (Å²) in [6, 6.07) is 0. The van der Waals surface area contributed by atoms with Gasteiger partial charge in [-0.15, -0.1) is 0 Å². The second-order valence-corrected chi connectivity index (χ2v) is 12.6. The van der Waals surface area contributed by atoms with E-state index in [9.17, 15) is 9.59 Å². The van der Waals surface area contributed by atoms with Crippen LogP contribution < -0.4 is 0 Å². The molecule has 0 aromatic heterocycles. The number of hydrogen-bond acceptors (Lipinski definition) is 4. The van der Waals surface area contributed by atoms with Gasteiger partial charge in [0.2, 0.25) is 0 Å². The van der Waals surface area contributed by atoms with E-state index in [2.05, 4.69) is 19.6 Å². The quantitative estimate of drug-likeness (QED) is 0.585. The van der Waals surface area contributed by atoms with E-state index < -0.39 is 8.07 Å². The average Bonchev–Trinajstić information content (AvgIpc) is 3.16. The first-order chi connectivity index (χ1) is 8.81. The number of carbonyl (C=O) groups excluding carboxylic acids is 2. The molecule has 0 bridgehead atoms. The Morgan fingerprint density at radius 1 is 1.00 bits per heavy atom. The van der Waals surface area contributed by atoms with Gasteiger partial charge in [-0.05, 0) is 18.8 Å². The Hall–Kier alpha value is -0.843. The smallest absolute Gasteiger partial charge is 0.309 e. The molecule has 3 saturated carbocycles. The molecule has 0 radical (unpaired) electrons. The Morgan fingerprint density at radius 2 is 1.42 bits per heavy atom. The van der Waals surface area contributed by atoms with Gasteiger partial charge in [0.05, 0.1) is 34.1 Å². The fourth-order valence-electron chi connectivity index (χ4n) is 5.21. The van der Waals surface area contributed by atoms with Crippen molar-refractivity contribution in [3.8, 4) is 0 Å². The SMILES string of the molecule is COC(=O)[C@@H]1C2(C3CC3)[C@H](C(=O)OC)C12[Si](C)(C)C. The molecule has 2 unspecified atom stereocenters. The zero-order chi connectivity index (χ0) is 14.2. The Balaban J connectivity index is 2.01. The third-order valence-electron chi connectivity index (χ3n) is 5.78. The second kappa shape index (κ2) is 3.43. The van der Waals surface area contributed by atoms with E-state index in [0.29, 0.717) is 5.92 Å². The molecule has 0 N–H and O–H groups in total. The van der Waals surface area contributed by atoms with Gasteiger partial charge in [0, 0.05) is 10.5 Å². The molecule has 0 aliphatic heterocycles. The fourth-order valence-corrected chi connectivity index (χ4v) is 9.30. The minimum atomic E-state index is -1.65. The van der Waals surface area contributed by atoms with Gasteiger partial charge in [-0.1, -0.05) is 19.6 Å². The van der Waals surface area contributed by atoms with Crippen LogP contribution in [0.25, 0.3) is 0 Å². The van der Waals surface area contributed by atoms with Crippen molar-refractivity contribution in [2.75, 3.05) is 14.2 Å². The van der Waals surface area contributed by atoms with E-state index in [1.807, 2.05) is 0 Å². The maximum Gasteiger partial charge on any atom is 0.309 e. The van der Waals surface area contributed by atoms with Crippen LogP contribution in [0.2, 0.25) is 24.7 Å². The van der Waals surface area contributed by atoms with Crippen molar-refractivity contribution in [2.24, 2.45) is 23.2 Å². The number of esters is 2. The predicted molar refractivity (Wildman–Crippen MR) is 72.2 cm³/mol. The fraction of sp³-hybridized carbons (Fsp3) is 0.857. The summed E-state index contributed by atoms with van der Waals surface area (Å²) in [6.07, 6.45) is 2.29. The summed E-state index contributed by atoms with van der Waals surface area (Å²) >= 11 is 0. The summed E-state index contributed by atoms with van der Waals surface area (Å²) in [4.78, 5) is 24.2. The van der Waals surface area contributed by atoms with Gasteiger partial charge >= 0.3 is 11.9 Å². The van der Waals surface area contributed by atoms with Crippen molar-refractivity contribution in [1.82, 2.24) is 0 Å². The molecule has 3 aliphatic carbocycles. The molecule has 5 heteroatoms. The van der Waals surface area contributed by atoms with E-state index in [4.69, 9.17) is 9.47 Å². The highest BCUT2D eigenvalue weighted by atomic mass is 28.3. The lowest BCUT2D eigenvalue weighted by Crippen LogP contribution is -2.36. The monoisotopic (exact) mass is 282 g/mol. The first-order valence-electron chi connectivity index (χ1n) is 6.97. The zero-order valence-corrected chi connectivity index (χ0v) is 13.3. The Kier molecular flexibility index (Phi) is 2.37. The van der Waals surface area contributed by atoms with Gasteiger partial charge in [-0.3, -0.25) is 9.59 Å². The number of methoxy groups -OCH3 is 2. The van der Waals surface area contributed by atoms with Gasteiger partial charge in [0.25, 0.3) is 0 Å². The number of fused-ring (bicyclic) bond motifs is 1. The van der Waals surface area contributed by atoms with Gasteiger partial charge < -0.3 is 9.47 Å². The summed E-state index contributed by atoms with van der Waals surface area (Å²) in [7, 11) is 1.25. The van der Waals surface area contributed by atoms with Crippen LogP contribution in [0, 0.1) is 23.2 Å². The Labute approximate surface area is 114 Å². The minimum Gasteiger partial charge on any atom is -0.469 e. The lowest BCUT2D eigenvalue weighted by molar-refractivity contribution is -0.150. The molecule has 0 saturated heterocycles. The van der Waals surface area contributed by atoms with Crippen molar-refractivity contribution >= 4 is 20.0 Å². The lowest BCUT2D eigenvalue weighted by atomic mass is 9.92. The van der Waals surface area contributed by atoms with Crippen LogP contribution in [0.1, 0.15) is 12.8 Å². The van der Waals surface area contributed by atoms with Gasteiger partial charge in [-0.2, -0.15) is 0 Å². The minimum absolute atomic E-state index is 0.0479. The van der Waals surface area contributed by atoms with Crippen molar-refractivity contribution < 1.29 is 19.1 Å². The van der Waals surface area contributed by atoms with Crippen LogP contribution in [0.5, 0.6) is 0 Å². The number of hydrogen-bond donors (Lipinski definition) is 0. The third kappa shape index (κ3) is 1.17. The average molecular weight is 282 g/mol. The van der Waals surface area contributed by atoms with Crippen LogP contribution in [-0.2, 0) is 19.1 Å². The van der Waals surface area contributed by atoms with Gasteiger partial charge in [0.1, 0.15) is 0 Å². The molecule has 19 heavy (non-hydrogen) atoms. The summed E-state index contributed by atoms with van der Waals surface area (Å²) in [5, 5.41) is -0.0959. The lowest BCUT2D eigenvalue weighted by Gasteiger charge is -2.27. The molecule has 3 rings (SSSR count). The second-order valence-electron chi connectivity index (χ2n) is 7.24. The van der Waals surface area contributed by atoms with Crippen molar-refractivity contribution in [1.29, 1.82) is 0 Å². The standard InChI is InChI=1S/C14H22O4Si/c1-17-11(15)9-13(8-6-7-8)10(12(16)18-2)14(9,13)19(3,4)5/h8-10H,6-7H2,1-5H3/t9-,10+,13?,14?. The Bertz CT molecular complexity index is 437. The molecular weight excluding hydrogens is 260 g/mol. The topological polar surface area (TPSA) is 52.6 Å². The summed E-state index contributed by atoms with van der Waals surface area (Å²) < 4.78 is 9.98. The number of rotatable bonds is 4. The van der Waals surface area contributed by atoms with Crippen LogP contribution >= 0.6 is 0 Å². The van der Waals surface area contributed by atoms with Gasteiger partial charge in [0.15, 0.2) is 0 Å². The van der Waals surface area contributed by atoms with E-state index in [-0.39, 0.29) is 34.2 Å². The van der Waals surface area contributed by atoms with Crippen LogP contribution in [0.4, 0.5) is 0 Å². The van der Waals surface area contributed by atoms with Crippen LogP contribution in [-0.4, -0.2) is 34.2 Å². The number of ether oxygens (including phenoxy) is 2. The molecule has 0 spiro atoms. The highest BCUT2D eigenvalue weighted by Gasteiger charge is 3.06. The molecule has 0 amide bonds. The molecule has 0 heterocycles. The predicted octanol–water partition coefficient (Wildman–Crippen LogP) is 2.07. The molecule has 0 aromatic rings. The van der Waals surface area contributed by atoms with E-state index in [0.717, 1.165) is 12.8 Å². The zero-order valence-electron chi connectivity index (χ0n) is 12.3. The third-order valence-corrected chi connectivity index (χ3v) is 9.28. The van der Waals surface area contributed by atoms with Crippen LogP contribution in [0.15, 0.2) is 0 Å². The normalized spacial score (nSPS) is 43.2. The van der Waals surface area contributed by atoms with E-state index >= 15 is 0 Å². The Morgan fingerprint density at radius 3 is 1.68 bits per heavy atom. The highest BCUT2D eigenvalue weighted by molar-refractivity contribution is 6.82. The molecule has 106 valence electrons. The summed E-state index contributed by atoms with van der Waals surface area (Å²) in [5.74, 6) is 0.206. The molecule has 4 atom stereocenters. The van der Waals surface area contributed by atoms with Gasteiger partial charge in [-0.25, -0.2) is 0 Å². The first-order valence-corrected chi connectivity index (χ1v) is 10.5. The van der Waals surface area contributed by atoms with Crippen molar-refractivity contribution in [3.63, 3.8) is 0 Å². The molecule has 3 aliphatic rings. The van der Waals surface area contributed by atoms with E-state index in [1.165, 1.54) is 14.2 Å². The molecular formula is C14H22O4Si.